The van der Waals surface area contributed by atoms with E-state index in [-0.39, 0.29) is 28.3 Å². The van der Waals surface area contributed by atoms with Gasteiger partial charge in [-0.15, -0.1) is 0 Å². The van der Waals surface area contributed by atoms with Crippen molar-refractivity contribution in [2.75, 3.05) is 24.5 Å². The fourth-order valence-electron chi connectivity index (χ4n) is 3.43. The predicted molar refractivity (Wildman–Crippen MR) is 101 cm³/mol. The molecule has 0 aliphatic carbocycles. The Morgan fingerprint density at radius 2 is 1.81 bits per heavy atom. The summed E-state index contributed by atoms with van der Waals surface area (Å²) in [5.41, 5.74) is 1.27. The van der Waals surface area contributed by atoms with Crippen molar-refractivity contribution in [2.45, 2.75) is 19.3 Å². The Hall–Kier alpha value is -2.96. The van der Waals surface area contributed by atoms with E-state index in [0.29, 0.717) is 50.1 Å². The van der Waals surface area contributed by atoms with Crippen LogP contribution in [-0.2, 0) is 11.2 Å². The van der Waals surface area contributed by atoms with E-state index < -0.39 is 0 Å². The van der Waals surface area contributed by atoms with Crippen LogP contribution in [0.3, 0.4) is 0 Å². The summed E-state index contributed by atoms with van der Waals surface area (Å²) in [6, 6.07) is 13.2. The van der Waals surface area contributed by atoms with E-state index in [1.807, 2.05) is 4.90 Å². The van der Waals surface area contributed by atoms with Gasteiger partial charge in [-0.1, -0.05) is 30.3 Å². The molecule has 0 atom stereocenters. The zero-order chi connectivity index (χ0) is 19.2. The average Bonchev–Trinajstić information content (AvgIpc) is 2.69. The van der Waals surface area contributed by atoms with E-state index in [2.05, 4.69) is 5.32 Å². The fourth-order valence-corrected chi connectivity index (χ4v) is 3.43. The standard InChI is InChI=1S/C20H22FN3O3/c21-17-6-2-1-5-15(17)9-12-22-20(25)16-10-13-23(14-11-16)18-7-3-4-8-19(18)24(26)27/h1-8,16H,9-14H2,(H,22,25). The molecule has 0 spiro atoms. The number of nitrogens with one attached hydrogen (secondary N) is 1. The maximum atomic E-state index is 13.6. The molecule has 1 aliphatic rings. The molecular formula is C20H22FN3O3. The van der Waals surface area contributed by atoms with Gasteiger partial charge in [0.05, 0.1) is 4.92 Å². The predicted octanol–water partition coefficient (Wildman–Crippen LogP) is 3.31. The smallest absolute Gasteiger partial charge is 0.292 e. The summed E-state index contributed by atoms with van der Waals surface area (Å²) >= 11 is 0. The minimum absolute atomic E-state index is 0.0337. The number of hydrogen-bond donors (Lipinski definition) is 1. The van der Waals surface area contributed by atoms with Crippen LogP contribution >= 0.6 is 0 Å². The minimum atomic E-state index is -0.378. The first-order valence-corrected chi connectivity index (χ1v) is 9.05. The Balaban J connectivity index is 1.50. The first-order chi connectivity index (χ1) is 13.1. The first-order valence-electron chi connectivity index (χ1n) is 9.05. The van der Waals surface area contributed by atoms with Crippen LogP contribution in [0, 0.1) is 21.8 Å². The van der Waals surface area contributed by atoms with E-state index in [0.717, 1.165) is 0 Å². The molecule has 1 fully saturated rings. The number of hydrogen-bond acceptors (Lipinski definition) is 4. The quantitative estimate of drug-likeness (QED) is 0.624. The second kappa shape index (κ2) is 8.62. The van der Waals surface area contributed by atoms with Gasteiger partial charge in [-0.05, 0) is 37.0 Å². The molecule has 142 valence electrons. The molecular weight excluding hydrogens is 349 g/mol. The molecule has 0 radical (unpaired) electrons. The number of nitrogens with zero attached hydrogens (tertiary/aromatic N) is 2. The Morgan fingerprint density at radius 3 is 2.52 bits per heavy atom. The molecule has 0 unspecified atom stereocenters. The van der Waals surface area contributed by atoms with Crippen molar-refractivity contribution in [1.29, 1.82) is 0 Å². The third kappa shape index (κ3) is 4.61. The number of carbonyl (C=O) groups is 1. The van der Waals surface area contributed by atoms with Gasteiger partial charge >= 0.3 is 0 Å². The lowest BCUT2D eigenvalue weighted by atomic mass is 9.95. The molecule has 6 nitrogen and oxygen atoms in total. The molecule has 1 N–H and O–H groups in total. The van der Waals surface area contributed by atoms with Crippen LogP contribution in [-0.4, -0.2) is 30.5 Å². The topological polar surface area (TPSA) is 75.5 Å². The molecule has 1 aliphatic heterocycles. The second-order valence-corrected chi connectivity index (χ2v) is 6.64. The number of halogens is 1. The highest BCUT2D eigenvalue weighted by molar-refractivity contribution is 5.79. The van der Waals surface area contributed by atoms with E-state index in [4.69, 9.17) is 0 Å². The maximum absolute atomic E-state index is 13.6. The van der Waals surface area contributed by atoms with Gasteiger partial charge in [0.2, 0.25) is 5.91 Å². The summed E-state index contributed by atoms with van der Waals surface area (Å²) < 4.78 is 13.6. The van der Waals surface area contributed by atoms with Crippen molar-refractivity contribution in [3.05, 3.63) is 70.0 Å². The summed E-state index contributed by atoms with van der Waals surface area (Å²) in [5.74, 6) is -0.414. The van der Waals surface area contributed by atoms with E-state index >= 15 is 0 Å². The molecule has 0 saturated carbocycles. The molecule has 1 heterocycles. The number of nitro benzene ring substituents is 1. The molecule has 3 rings (SSSR count). The van der Waals surface area contributed by atoms with Gasteiger partial charge in [0.25, 0.3) is 5.69 Å². The lowest BCUT2D eigenvalue weighted by Crippen LogP contribution is -2.41. The monoisotopic (exact) mass is 371 g/mol. The van der Waals surface area contributed by atoms with Crippen molar-refractivity contribution in [1.82, 2.24) is 5.32 Å². The van der Waals surface area contributed by atoms with Crippen LogP contribution in [0.2, 0.25) is 0 Å². The zero-order valence-electron chi connectivity index (χ0n) is 14.9. The van der Waals surface area contributed by atoms with E-state index in [1.54, 1.807) is 36.4 Å². The summed E-state index contributed by atoms with van der Waals surface area (Å²) in [5, 5.41) is 14.1. The van der Waals surface area contributed by atoms with Gasteiger partial charge in [0.1, 0.15) is 11.5 Å². The summed E-state index contributed by atoms with van der Waals surface area (Å²) in [4.78, 5) is 25.1. The Bertz CT molecular complexity index is 820. The molecule has 2 aromatic rings. The third-order valence-electron chi connectivity index (χ3n) is 4.94. The number of piperidine rings is 1. The average molecular weight is 371 g/mol. The lowest BCUT2D eigenvalue weighted by Gasteiger charge is -2.32. The van der Waals surface area contributed by atoms with Crippen LogP contribution in [0.1, 0.15) is 18.4 Å². The van der Waals surface area contributed by atoms with Gasteiger partial charge < -0.3 is 10.2 Å². The van der Waals surface area contributed by atoms with Crippen LogP contribution in [0.5, 0.6) is 0 Å². The summed E-state index contributed by atoms with van der Waals surface area (Å²) in [6.45, 7) is 1.58. The number of nitro groups is 1. The van der Waals surface area contributed by atoms with Gasteiger partial charge in [0, 0.05) is 31.6 Å². The molecule has 1 amide bonds. The van der Waals surface area contributed by atoms with Crippen molar-refractivity contribution in [2.24, 2.45) is 5.92 Å². The number of amides is 1. The highest BCUT2D eigenvalue weighted by Crippen LogP contribution is 2.31. The van der Waals surface area contributed by atoms with Gasteiger partial charge in [-0.2, -0.15) is 0 Å². The molecule has 0 bridgehead atoms. The van der Waals surface area contributed by atoms with Crippen LogP contribution in [0.4, 0.5) is 15.8 Å². The van der Waals surface area contributed by atoms with Gasteiger partial charge in [0.15, 0.2) is 0 Å². The van der Waals surface area contributed by atoms with E-state index in [1.165, 1.54) is 12.1 Å². The summed E-state index contributed by atoms with van der Waals surface area (Å²) in [7, 11) is 0. The normalized spacial score (nSPS) is 14.8. The Kier molecular flexibility index (Phi) is 6.01. The second-order valence-electron chi connectivity index (χ2n) is 6.64. The largest absolute Gasteiger partial charge is 0.366 e. The Labute approximate surface area is 157 Å². The highest BCUT2D eigenvalue weighted by atomic mass is 19.1. The molecule has 27 heavy (non-hydrogen) atoms. The van der Waals surface area contributed by atoms with Crippen LogP contribution in [0.25, 0.3) is 0 Å². The number of carbonyl (C=O) groups excluding carboxylic acids is 1. The molecule has 7 heteroatoms. The Morgan fingerprint density at radius 1 is 1.15 bits per heavy atom. The van der Waals surface area contributed by atoms with Crippen molar-refractivity contribution in [3.63, 3.8) is 0 Å². The highest BCUT2D eigenvalue weighted by Gasteiger charge is 2.27. The molecule has 1 saturated heterocycles. The number of para-hydroxylation sites is 2. The summed E-state index contributed by atoms with van der Waals surface area (Å²) in [6.07, 6.45) is 1.72. The first kappa shape index (κ1) is 18.8. The van der Waals surface area contributed by atoms with Crippen LogP contribution < -0.4 is 10.2 Å². The van der Waals surface area contributed by atoms with Crippen LogP contribution in [0.15, 0.2) is 48.5 Å². The van der Waals surface area contributed by atoms with E-state index in [9.17, 15) is 19.3 Å². The van der Waals surface area contributed by atoms with Gasteiger partial charge in [-0.3, -0.25) is 14.9 Å². The maximum Gasteiger partial charge on any atom is 0.292 e. The molecule has 2 aromatic carbocycles. The molecule has 0 aromatic heterocycles. The lowest BCUT2D eigenvalue weighted by molar-refractivity contribution is -0.384. The number of anilines is 1. The van der Waals surface area contributed by atoms with Crippen molar-refractivity contribution >= 4 is 17.3 Å². The number of rotatable bonds is 6. The minimum Gasteiger partial charge on any atom is -0.366 e. The number of benzene rings is 2. The van der Waals surface area contributed by atoms with Gasteiger partial charge in [-0.25, -0.2) is 4.39 Å². The third-order valence-corrected chi connectivity index (χ3v) is 4.94. The SMILES string of the molecule is O=C(NCCc1ccccc1F)C1CCN(c2ccccc2[N+](=O)[O-])CC1. The van der Waals surface area contributed by atoms with Crippen molar-refractivity contribution < 1.29 is 14.1 Å². The zero-order valence-corrected chi connectivity index (χ0v) is 14.9. The van der Waals surface area contributed by atoms with Crippen molar-refractivity contribution in [3.8, 4) is 0 Å². The fraction of sp³-hybridized carbons (Fsp3) is 0.350.